The van der Waals surface area contributed by atoms with E-state index in [0.717, 1.165) is 27.7 Å². The standard InChI is InChI=1S/C59H96N4O45/c1-15(71)60-29-19(75)5-57(54(90)91,105-46(29)33(79)22(78)8-64)103-25(11-67)36(82)47-30(61-16(2)72)20(76)6-58(106-47,55(92)93)104-26(12-68)37(83)48-31(62-17(3)73)21(77)7-59(107-48,56(94)95)108-49-42(88)53(100-43-27(13-69)96-50(89)40(86)39(43)85)99-28(14-70)44(49)101-51-32(63-18(4)74)45(35(81)24(10-66)97-51)102-52-41(87)38(84)34(80)23(9-65)98-52/h19-53,64-70,75-89H,5-14H2,1-4H3,(H,60,71)(H,61,72)(H,62,73)(H,63,74)(H,90,91)(H,92,93)(H,94,95)/t19-,20-,21-,22+,23+,24+,25+,26+,27+,28+,29+,30+,31+,32+,33+,34-,35-,36+,37+,38-,39+,40+,41+,42+,43+,44-,45+,46+,47+,48+,49+,50?,51-,52-,53-,57+,58+,59-/m0/s1. The highest BCUT2D eigenvalue weighted by atomic mass is 16.8. The third-order valence-electron chi connectivity index (χ3n) is 19.1. The van der Waals surface area contributed by atoms with Gasteiger partial charge in [0.25, 0.3) is 17.4 Å². The summed E-state index contributed by atoms with van der Waals surface area (Å²) in [5.74, 6) is -22.1. The molecule has 7 fully saturated rings. The first kappa shape index (κ1) is 90.1. The first-order valence-corrected chi connectivity index (χ1v) is 33.5. The molecule has 108 heavy (non-hydrogen) atoms. The molecule has 4 amide bonds. The molecular weight excluding hydrogens is 1480 g/mol. The Balaban J connectivity index is 1.30. The molecule has 0 bridgehead atoms. The van der Waals surface area contributed by atoms with Gasteiger partial charge in [-0.1, -0.05) is 0 Å². The molecular formula is C59H96N4O45. The van der Waals surface area contributed by atoms with E-state index in [-0.39, 0.29) is 0 Å². The Labute approximate surface area is 609 Å². The van der Waals surface area contributed by atoms with Crippen LogP contribution < -0.4 is 21.3 Å². The SMILES string of the molecule is CC(=O)N[C@H]1[C@H](O[C@@H]2[C@H](O[C@]3(C(=O)O)C[C@H](O)[C@@H](NC(C)=O)[C@H]([C@H](O)[C@@H](CO)O[C@]4(C(=O)O)C[C@H](O)[C@@H](NC(C)=O)[C@H]([C@H](O)[C@@H](CO)O[C@]5(C(=O)O)C[C@H](O)[C@@H](NC(C)=O)[C@H]([C@H](O)[C@H](O)CO)O5)O4)O3)[C@@H](O)[C@H](O[C@H]3[C@H](O)[C@@H](O)C(O)O[C@@H]3CO)O[C@@H]2CO)O[C@H](CO)[C@H](O)[C@@H]1O[C@@H]1O[C@H](CO)[C@H](O)[C@H](O)[C@H]1O. The Morgan fingerprint density at radius 3 is 1.16 bits per heavy atom. The van der Waals surface area contributed by atoms with Crippen molar-refractivity contribution in [2.75, 3.05) is 46.2 Å². The smallest absolute Gasteiger partial charge is 0.364 e. The zero-order valence-corrected chi connectivity index (χ0v) is 57.6. The fourth-order valence-electron chi connectivity index (χ4n) is 13.7. The lowest BCUT2D eigenvalue weighted by molar-refractivity contribution is -0.403. The first-order chi connectivity index (χ1) is 50.6. The van der Waals surface area contributed by atoms with Crippen molar-refractivity contribution in [3.63, 3.8) is 0 Å². The summed E-state index contributed by atoms with van der Waals surface area (Å²) in [5, 5.41) is 285. The van der Waals surface area contributed by atoms with Gasteiger partial charge in [0.2, 0.25) is 23.6 Å². The Bertz CT molecular complexity index is 3010. The third-order valence-corrected chi connectivity index (χ3v) is 19.1. The number of carbonyl (C=O) groups is 7. The van der Waals surface area contributed by atoms with E-state index in [1.165, 1.54) is 0 Å². The molecule has 29 N–H and O–H groups in total. The van der Waals surface area contributed by atoms with Gasteiger partial charge in [0.05, 0.1) is 82.7 Å². The van der Waals surface area contributed by atoms with E-state index in [1.807, 2.05) is 0 Å². The zero-order chi connectivity index (χ0) is 80.8. The molecule has 0 aromatic carbocycles. The number of rotatable bonds is 32. The van der Waals surface area contributed by atoms with Gasteiger partial charge in [-0.3, -0.25) is 19.2 Å². The molecule has 7 aliphatic heterocycles. The molecule has 49 nitrogen and oxygen atoms in total. The number of carbonyl (C=O) groups excluding carboxylic acids is 4. The average molecular weight is 1580 g/mol. The number of amides is 4. The molecule has 0 aliphatic carbocycles. The number of carboxylic acids is 3. The second-order valence-corrected chi connectivity index (χ2v) is 26.8. The van der Waals surface area contributed by atoms with Crippen LogP contribution >= 0.6 is 0 Å². The Morgan fingerprint density at radius 2 is 0.741 bits per heavy atom. The Morgan fingerprint density at radius 1 is 0.380 bits per heavy atom. The molecule has 622 valence electrons. The number of carboxylic acid groups (broad SMARTS) is 3. The minimum atomic E-state index is -3.77. The van der Waals surface area contributed by atoms with Gasteiger partial charge in [0, 0.05) is 47.0 Å². The van der Waals surface area contributed by atoms with Crippen LogP contribution in [0, 0.1) is 0 Å². The lowest BCUT2D eigenvalue weighted by Gasteiger charge is -2.53. The highest BCUT2D eigenvalue weighted by Gasteiger charge is 2.65. The van der Waals surface area contributed by atoms with Crippen LogP contribution in [-0.4, -0.2) is 447 Å². The fraction of sp³-hybridized carbons (Fsp3) is 0.881. The van der Waals surface area contributed by atoms with Crippen LogP contribution in [-0.2, 0) is 95.1 Å². The fourth-order valence-corrected chi connectivity index (χ4v) is 13.7. The Kier molecular flexibility index (Phi) is 31.4. The normalized spacial score (nSPS) is 43.4. The summed E-state index contributed by atoms with van der Waals surface area (Å²) >= 11 is 0. The predicted molar refractivity (Wildman–Crippen MR) is 330 cm³/mol. The number of hydrogen-bond donors (Lipinski definition) is 29. The van der Waals surface area contributed by atoms with Crippen molar-refractivity contribution in [2.24, 2.45) is 0 Å². The van der Waals surface area contributed by atoms with Gasteiger partial charge in [-0.2, -0.15) is 0 Å². The molecule has 38 atom stereocenters. The van der Waals surface area contributed by atoms with Crippen LogP contribution in [0.15, 0.2) is 0 Å². The van der Waals surface area contributed by atoms with E-state index in [2.05, 4.69) is 21.3 Å². The number of hydrogen-bond acceptors (Lipinski definition) is 42. The van der Waals surface area contributed by atoms with Crippen molar-refractivity contribution < 1.29 is 223 Å². The van der Waals surface area contributed by atoms with Gasteiger partial charge in [0.1, 0.15) is 153 Å². The van der Waals surface area contributed by atoms with E-state index >= 15 is 0 Å². The van der Waals surface area contributed by atoms with Crippen molar-refractivity contribution in [2.45, 2.75) is 278 Å². The Hall–Kier alpha value is -5.11. The molecule has 0 aromatic rings. The minimum absolute atomic E-state index is 0.793. The number of aliphatic carboxylic acids is 3. The number of aliphatic hydroxyl groups excluding tert-OH is 22. The molecule has 1 unspecified atom stereocenters. The van der Waals surface area contributed by atoms with Gasteiger partial charge in [-0.25, -0.2) is 14.4 Å². The van der Waals surface area contributed by atoms with Crippen molar-refractivity contribution in [3.8, 4) is 0 Å². The number of nitrogens with one attached hydrogen (secondary N) is 4. The molecule has 0 aromatic heterocycles. The van der Waals surface area contributed by atoms with Crippen molar-refractivity contribution in [1.29, 1.82) is 0 Å². The van der Waals surface area contributed by atoms with Gasteiger partial charge in [0.15, 0.2) is 25.2 Å². The van der Waals surface area contributed by atoms with Crippen LogP contribution in [0.3, 0.4) is 0 Å². The minimum Gasteiger partial charge on any atom is -0.477 e. The van der Waals surface area contributed by atoms with E-state index in [4.69, 9.17) is 61.6 Å². The molecule has 7 saturated heterocycles. The third kappa shape index (κ3) is 19.4. The van der Waals surface area contributed by atoms with E-state index in [9.17, 15) is 161 Å². The predicted octanol–water partition coefficient (Wildman–Crippen LogP) is -18.1. The van der Waals surface area contributed by atoms with Crippen molar-refractivity contribution in [3.05, 3.63) is 0 Å². The molecule has 7 heterocycles. The summed E-state index contributed by atoms with van der Waals surface area (Å²) in [6.07, 6.45) is -76.9. The second kappa shape index (κ2) is 37.7. The highest BCUT2D eigenvalue weighted by molar-refractivity contribution is 5.78. The van der Waals surface area contributed by atoms with E-state index in [0.29, 0.717) is 0 Å². The quantitative estimate of drug-likeness (QED) is 0.0297. The summed E-state index contributed by atoms with van der Waals surface area (Å²) in [6.45, 7) is -6.00. The van der Waals surface area contributed by atoms with Crippen LogP contribution in [0.2, 0.25) is 0 Å². The van der Waals surface area contributed by atoms with Crippen LogP contribution in [0.25, 0.3) is 0 Å². The van der Waals surface area contributed by atoms with E-state index < -0.39 is 339 Å². The molecule has 7 aliphatic rings. The molecule has 49 heteroatoms. The largest absolute Gasteiger partial charge is 0.477 e. The lowest BCUT2D eigenvalue weighted by atomic mass is 9.86. The summed E-state index contributed by atoms with van der Waals surface area (Å²) < 4.78 is 75.3. The van der Waals surface area contributed by atoms with Gasteiger partial charge >= 0.3 is 17.9 Å². The maximum Gasteiger partial charge on any atom is 0.364 e. The van der Waals surface area contributed by atoms with Crippen molar-refractivity contribution >= 4 is 41.5 Å². The maximum absolute atomic E-state index is 14.2. The topological polar surface area (TPSA) is 793 Å². The van der Waals surface area contributed by atoms with E-state index in [1.54, 1.807) is 0 Å². The second-order valence-electron chi connectivity index (χ2n) is 26.8. The van der Waals surface area contributed by atoms with Crippen LogP contribution in [0.5, 0.6) is 0 Å². The summed E-state index contributed by atoms with van der Waals surface area (Å²) in [7, 11) is 0. The molecule has 7 rings (SSSR count). The van der Waals surface area contributed by atoms with Crippen LogP contribution in [0.4, 0.5) is 0 Å². The lowest BCUT2D eigenvalue weighted by Crippen LogP contribution is -2.73. The average Bonchev–Trinajstić information content (AvgIpc) is 0.650. The summed E-state index contributed by atoms with van der Waals surface area (Å²) in [5.41, 5.74) is 0. The number of ether oxygens (including phenoxy) is 13. The van der Waals surface area contributed by atoms with Gasteiger partial charge < -0.3 is 211 Å². The summed E-state index contributed by atoms with van der Waals surface area (Å²) in [6, 6.07) is -8.21. The molecule has 0 saturated carbocycles. The van der Waals surface area contributed by atoms with Crippen molar-refractivity contribution in [1.82, 2.24) is 21.3 Å². The zero-order valence-electron chi connectivity index (χ0n) is 57.6. The maximum atomic E-state index is 14.2. The first-order valence-electron chi connectivity index (χ1n) is 33.5. The van der Waals surface area contributed by atoms with Gasteiger partial charge in [-0.15, -0.1) is 0 Å². The summed E-state index contributed by atoms with van der Waals surface area (Å²) in [4.78, 5) is 92.3. The molecule has 0 spiro atoms. The highest BCUT2D eigenvalue weighted by Crippen LogP contribution is 2.44. The molecule has 0 radical (unpaired) electrons. The van der Waals surface area contributed by atoms with Gasteiger partial charge in [-0.05, 0) is 0 Å². The number of aliphatic hydroxyl groups is 22. The van der Waals surface area contributed by atoms with Crippen LogP contribution in [0.1, 0.15) is 47.0 Å². The monoisotopic (exact) mass is 1580 g/mol.